The number of ether oxygens (including phenoxy) is 2. The molecule has 1 heterocycles. The van der Waals surface area contributed by atoms with E-state index in [1.807, 2.05) is 26.1 Å². The van der Waals surface area contributed by atoms with Crippen molar-refractivity contribution in [3.05, 3.63) is 23.3 Å². The van der Waals surface area contributed by atoms with Crippen molar-refractivity contribution in [1.29, 1.82) is 0 Å². The van der Waals surface area contributed by atoms with Gasteiger partial charge in [0.2, 0.25) is 0 Å². The first kappa shape index (κ1) is 12.2. The van der Waals surface area contributed by atoms with Gasteiger partial charge in [-0.1, -0.05) is 0 Å². The van der Waals surface area contributed by atoms with Crippen LogP contribution in [0.3, 0.4) is 0 Å². The first-order chi connectivity index (χ1) is 8.04. The zero-order valence-corrected chi connectivity index (χ0v) is 10.5. The first-order valence-corrected chi connectivity index (χ1v) is 5.82. The van der Waals surface area contributed by atoms with Crippen molar-refractivity contribution in [2.45, 2.75) is 19.4 Å². The molecule has 17 heavy (non-hydrogen) atoms. The van der Waals surface area contributed by atoms with Gasteiger partial charge in [0, 0.05) is 6.54 Å². The van der Waals surface area contributed by atoms with E-state index >= 15 is 0 Å². The summed E-state index contributed by atoms with van der Waals surface area (Å²) in [4.78, 5) is 0. The summed E-state index contributed by atoms with van der Waals surface area (Å²) in [6.45, 7) is 5.40. The molecule has 1 atom stereocenters. The highest BCUT2D eigenvalue weighted by molar-refractivity contribution is 5.49. The average molecular weight is 237 g/mol. The van der Waals surface area contributed by atoms with Crippen LogP contribution in [0.2, 0.25) is 0 Å². The van der Waals surface area contributed by atoms with Gasteiger partial charge in [-0.25, -0.2) is 0 Å². The normalized spacial score (nSPS) is 17.6. The summed E-state index contributed by atoms with van der Waals surface area (Å²) in [5.41, 5.74) is 0.972. The molecule has 1 aliphatic rings. The monoisotopic (exact) mass is 237 g/mol. The van der Waals surface area contributed by atoms with Crippen molar-refractivity contribution in [3.63, 3.8) is 0 Å². The molecule has 1 unspecified atom stereocenters. The summed E-state index contributed by atoms with van der Waals surface area (Å²) in [5, 5.41) is 13.4. The number of hydrogen-bond acceptors (Lipinski definition) is 4. The number of rotatable bonds is 3. The third kappa shape index (κ3) is 2.37. The molecule has 0 spiro atoms. The maximum absolute atomic E-state index is 10.4. The van der Waals surface area contributed by atoms with Gasteiger partial charge in [-0.05, 0) is 44.2 Å². The van der Waals surface area contributed by atoms with Gasteiger partial charge in [0.25, 0.3) is 0 Å². The molecule has 0 amide bonds. The van der Waals surface area contributed by atoms with Crippen LogP contribution in [-0.2, 0) is 5.60 Å². The fraction of sp³-hybridized carbons (Fsp3) is 0.538. The molecular weight excluding hydrogens is 218 g/mol. The SMILES string of the molecule is CNCC(C)(O)c1cc2c(cc1C)OCCO2. The smallest absolute Gasteiger partial charge is 0.161 e. The van der Waals surface area contributed by atoms with E-state index in [-0.39, 0.29) is 0 Å². The third-order valence-electron chi connectivity index (χ3n) is 2.99. The Morgan fingerprint density at radius 3 is 2.47 bits per heavy atom. The predicted molar refractivity (Wildman–Crippen MR) is 65.7 cm³/mol. The van der Waals surface area contributed by atoms with Crippen molar-refractivity contribution in [1.82, 2.24) is 5.32 Å². The number of hydrogen-bond donors (Lipinski definition) is 2. The van der Waals surface area contributed by atoms with Crippen LogP contribution in [0.5, 0.6) is 11.5 Å². The number of benzene rings is 1. The van der Waals surface area contributed by atoms with Gasteiger partial charge in [0.1, 0.15) is 13.2 Å². The first-order valence-electron chi connectivity index (χ1n) is 5.82. The Morgan fingerprint density at radius 1 is 1.29 bits per heavy atom. The predicted octanol–water partition coefficient (Wildman–Crippen LogP) is 1.19. The van der Waals surface area contributed by atoms with E-state index in [0.717, 1.165) is 16.9 Å². The minimum absolute atomic E-state index is 0.494. The topological polar surface area (TPSA) is 50.7 Å². The van der Waals surface area contributed by atoms with Crippen LogP contribution in [0.25, 0.3) is 0 Å². The zero-order valence-electron chi connectivity index (χ0n) is 10.5. The van der Waals surface area contributed by atoms with Crippen LogP contribution in [0.15, 0.2) is 12.1 Å². The summed E-state index contributed by atoms with van der Waals surface area (Å²) < 4.78 is 11.0. The van der Waals surface area contributed by atoms with Gasteiger partial charge in [0.05, 0.1) is 5.60 Å². The standard InChI is InChI=1S/C13H19NO3/c1-9-6-11-12(17-5-4-16-11)7-10(9)13(2,15)8-14-3/h6-7,14-15H,4-5,8H2,1-3H3. The molecule has 94 valence electrons. The number of nitrogens with one attached hydrogen (secondary N) is 1. The van der Waals surface area contributed by atoms with Crippen molar-refractivity contribution < 1.29 is 14.6 Å². The lowest BCUT2D eigenvalue weighted by Crippen LogP contribution is -2.34. The molecule has 4 heteroatoms. The quantitative estimate of drug-likeness (QED) is 0.829. The number of likely N-dealkylation sites (N-methyl/N-ethyl adjacent to an activating group) is 1. The van der Waals surface area contributed by atoms with E-state index in [9.17, 15) is 5.11 Å². The van der Waals surface area contributed by atoms with Gasteiger partial charge in [0.15, 0.2) is 11.5 Å². The van der Waals surface area contributed by atoms with Crippen LogP contribution in [-0.4, -0.2) is 31.9 Å². The van der Waals surface area contributed by atoms with Gasteiger partial charge in [-0.15, -0.1) is 0 Å². The summed E-state index contributed by atoms with van der Waals surface area (Å²) in [6.07, 6.45) is 0. The molecule has 1 aromatic rings. The largest absolute Gasteiger partial charge is 0.486 e. The second-order valence-electron chi connectivity index (χ2n) is 4.61. The molecule has 0 bridgehead atoms. The second kappa shape index (κ2) is 4.55. The maximum atomic E-state index is 10.4. The molecule has 2 rings (SSSR count). The Morgan fingerprint density at radius 2 is 1.88 bits per heavy atom. The summed E-state index contributed by atoms with van der Waals surface area (Å²) in [5.74, 6) is 1.48. The Bertz CT molecular complexity index is 415. The minimum Gasteiger partial charge on any atom is -0.486 e. The van der Waals surface area contributed by atoms with E-state index in [0.29, 0.717) is 25.5 Å². The van der Waals surface area contributed by atoms with E-state index in [1.165, 1.54) is 0 Å². The summed E-state index contributed by atoms with van der Waals surface area (Å²) >= 11 is 0. The van der Waals surface area contributed by atoms with E-state index < -0.39 is 5.60 Å². The molecular formula is C13H19NO3. The van der Waals surface area contributed by atoms with Crippen molar-refractivity contribution in [2.24, 2.45) is 0 Å². The number of aliphatic hydroxyl groups is 1. The van der Waals surface area contributed by atoms with E-state index in [4.69, 9.17) is 9.47 Å². The van der Waals surface area contributed by atoms with Crippen molar-refractivity contribution in [3.8, 4) is 11.5 Å². The van der Waals surface area contributed by atoms with E-state index in [2.05, 4.69) is 5.32 Å². The molecule has 0 fully saturated rings. The lowest BCUT2D eigenvalue weighted by atomic mass is 9.91. The fourth-order valence-electron chi connectivity index (χ4n) is 2.21. The molecule has 1 aromatic carbocycles. The van der Waals surface area contributed by atoms with Gasteiger partial charge >= 0.3 is 0 Å². The van der Waals surface area contributed by atoms with Crippen molar-refractivity contribution >= 4 is 0 Å². The summed E-state index contributed by atoms with van der Waals surface area (Å²) in [6, 6.07) is 3.80. The highest BCUT2D eigenvalue weighted by Crippen LogP contribution is 2.36. The molecule has 0 saturated heterocycles. The Hall–Kier alpha value is -1.26. The molecule has 2 N–H and O–H groups in total. The number of fused-ring (bicyclic) bond motifs is 1. The van der Waals surface area contributed by atoms with E-state index in [1.54, 1.807) is 6.92 Å². The average Bonchev–Trinajstić information content (AvgIpc) is 2.27. The van der Waals surface area contributed by atoms with Gasteiger partial charge in [-0.3, -0.25) is 0 Å². The molecule has 0 aliphatic carbocycles. The second-order valence-corrected chi connectivity index (χ2v) is 4.61. The highest BCUT2D eigenvalue weighted by Gasteiger charge is 2.26. The summed E-state index contributed by atoms with van der Waals surface area (Å²) in [7, 11) is 1.82. The zero-order chi connectivity index (χ0) is 12.5. The van der Waals surface area contributed by atoms with Crippen LogP contribution < -0.4 is 14.8 Å². The lowest BCUT2D eigenvalue weighted by Gasteiger charge is -2.28. The van der Waals surface area contributed by atoms with Gasteiger partial charge < -0.3 is 19.9 Å². The molecule has 1 aliphatic heterocycles. The molecule has 4 nitrogen and oxygen atoms in total. The van der Waals surface area contributed by atoms with Crippen LogP contribution in [0, 0.1) is 6.92 Å². The van der Waals surface area contributed by atoms with Gasteiger partial charge in [-0.2, -0.15) is 0 Å². The van der Waals surface area contributed by atoms with Crippen LogP contribution in [0.4, 0.5) is 0 Å². The lowest BCUT2D eigenvalue weighted by molar-refractivity contribution is 0.0577. The Kier molecular flexibility index (Phi) is 3.26. The molecule has 0 aromatic heterocycles. The molecule has 0 saturated carbocycles. The fourth-order valence-corrected chi connectivity index (χ4v) is 2.21. The Balaban J connectivity index is 2.41. The third-order valence-corrected chi connectivity index (χ3v) is 2.99. The molecule has 0 radical (unpaired) electrons. The van der Waals surface area contributed by atoms with Crippen LogP contribution >= 0.6 is 0 Å². The maximum Gasteiger partial charge on any atom is 0.161 e. The van der Waals surface area contributed by atoms with Crippen molar-refractivity contribution in [2.75, 3.05) is 26.8 Å². The minimum atomic E-state index is -0.908. The number of aryl methyl sites for hydroxylation is 1. The Labute approximate surface area is 102 Å². The highest BCUT2D eigenvalue weighted by atomic mass is 16.6. The van der Waals surface area contributed by atoms with Crippen LogP contribution in [0.1, 0.15) is 18.1 Å².